The first-order valence-corrected chi connectivity index (χ1v) is 12.9. The van der Waals surface area contributed by atoms with Gasteiger partial charge in [-0.25, -0.2) is 4.79 Å². The molecule has 1 atom stereocenters. The maximum Gasteiger partial charge on any atom is 0.319 e. The summed E-state index contributed by atoms with van der Waals surface area (Å²) in [5, 5.41) is 7.65. The van der Waals surface area contributed by atoms with Gasteiger partial charge in [0.1, 0.15) is 17.4 Å². The smallest absolute Gasteiger partial charge is 0.319 e. The van der Waals surface area contributed by atoms with Crippen molar-refractivity contribution in [2.24, 2.45) is 0 Å². The topological polar surface area (TPSA) is 87.1 Å². The molecule has 182 valence electrons. The molecule has 2 aromatic rings. The summed E-state index contributed by atoms with van der Waals surface area (Å²) in [5.41, 5.74) is 2.06. The van der Waals surface area contributed by atoms with Gasteiger partial charge in [-0.05, 0) is 37.8 Å². The number of piperazine rings is 1. The first kappa shape index (κ1) is 22.2. The summed E-state index contributed by atoms with van der Waals surface area (Å²) >= 11 is 6.65. The average Bonchev–Trinajstić information content (AvgIpc) is 3.50. The van der Waals surface area contributed by atoms with Crippen molar-refractivity contribution in [2.45, 2.75) is 63.1 Å². The van der Waals surface area contributed by atoms with E-state index in [2.05, 4.69) is 21.6 Å². The second kappa shape index (κ2) is 8.73. The van der Waals surface area contributed by atoms with E-state index in [9.17, 15) is 9.59 Å². The fourth-order valence-electron chi connectivity index (χ4n) is 6.14. The number of nitrogens with zero attached hydrogens (tertiary/aromatic N) is 2. The zero-order valence-corrected chi connectivity index (χ0v) is 20.1. The normalized spacial score (nSPS) is 24.8. The Morgan fingerprint density at radius 2 is 1.91 bits per heavy atom. The van der Waals surface area contributed by atoms with Crippen molar-refractivity contribution < 1.29 is 18.7 Å². The summed E-state index contributed by atoms with van der Waals surface area (Å²) in [6.45, 7) is 4.39. The van der Waals surface area contributed by atoms with Crippen LogP contribution in [0.2, 0.25) is 5.02 Å². The molecular formula is C25H31ClN4O4. The highest BCUT2D eigenvalue weighted by atomic mass is 35.5. The van der Waals surface area contributed by atoms with E-state index in [4.69, 9.17) is 20.8 Å². The van der Waals surface area contributed by atoms with Gasteiger partial charge in [-0.3, -0.25) is 9.69 Å². The molecule has 6 rings (SSSR count). The van der Waals surface area contributed by atoms with Gasteiger partial charge in [0.25, 0.3) is 5.91 Å². The highest BCUT2D eigenvalue weighted by Crippen LogP contribution is 2.49. The van der Waals surface area contributed by atoms with Gasteiger partial charge in [0.05, 0.1) is 22.8 Å². The van der Waals surface area contributed by atoms with Crippen LogP contribution in [-0.2, 0) is 21.6 Å². The molecule has 1 aromatic carbocycles. The van der Waals surface area contributed by atoms with Crippen LogP contribution in [-0.4, -0.2) is 60.6 Å². The van der Waals surface area contributed by atoms with Crippen molar-refractivity contribution in [2.75, 3.05) is 38.1 Å². The molecule has 9 heteroatoms. The standard InChI is InChI=1S/C25H31ClN4O4/c26-18-14-16-13-17(15-29-8-10-30(11-9-29)23(31)19-5-4-12-33-19)34-22(16)20-21(18)27-24(32)28-25(20)6-2-1-3-7-25/h13-14,19H,1-12,15H2,(H2,27,28,32). The van der Waals surface area contributed by atoms with Gasteiger partial charge in [0.15, 0.2) is 0 Å². The Kier molecular flexibility index (Phi) is 5.70. The predicted molar refractivity (Wildman–Crippen MR) is 129 cm³/mol. The van der Waals surface area contributed by atoms with Gasteiger partial charge >= 0.3 is 6.03 Å². The second-order valence-electron chi connectivity index (χ2n) is 10.1. The van der Waals surface area contributed by atoms with E-state index in [1.165, 1.54) is 6.42 Å². The molecule has 34 heavy (non-hydrogen) atoms. The molecule has 2 saturated heterocycles. The predicted octanol–water partition coefficient (Wildman–Crippen LogP) is 4.20. The molecule has 1 aliphatic carbocycles. The molecule has 2 N–H and O–H groups in total. The molecule has 3 amide bonds. The third-order valence-electron chi connectivity index (χ3n) is 7.86. The highest BCUT2D eigenvalue weighted by Gasteiger charge is 2.43. The number of hydrogen-bond donors (Lipinski definition) is 2. The molecule has 0 bridgehead atoms. The molecule has 1 unspecified atom stereocenters. The van der Waals surface area contributed by atoms with Crippen LogP contribution in [0.3, 0.4) is 0 Å². The van der Waals surface area contributed by atoms with Crippen molar-refractivity contribution >= 4 is 40.2 Å². The number of ether oxygens (including phenoxy) is 1. The zero-order valence-electron chi connectivity index (χ0n) is 19.3. The van der Waals surface area contributed by atoms with Crippen LogP contribution in [0.1, 0.15) is 56.3 Å². The Bertz CT molecular complexity index is 1110. The fourth-order valence-corrected chi connectivity index (χ4v) is 6.40. The Morgan fingerprint density at radius 3 is 2.65 bits per heavy atom. The maximum absolute atomic E-state index is 12.6. The van der Waals surface area contributed by atoms with Crippen molar-refractivity contribution in [3.05, 3.63) is 28.5 Å². The number of carbonyl (C=O) groups is 2. The van der Waals surface area contributed by atoms with Gasteiger partial charge in [0, 0.05) is 43.7 Å². The number of benzene rings is 1. The summed E-state index contributed by atoms with van der Waals surface area (Å²) in [4.78, 5) is 29.4. The Morgan fingerprint density at radius 1 is 1.12 bits per heavy atom. The number of carbonyl (C=O) groups excluding carboxylic acids is 2. The third kappa shape index (κ3) is 3.85. The van der Waals surface area contributed by atoms with Crippen LogP contribution in [0, 0.1) is 0 Å². The number of hydrogen-bond acceptors (Lipinski definition) is 5. The van der Waals surface area contributed by atoms with E-state index in [0.29, 0.717) is 37.0 Å². The molecule has 3 fully saturated rings. The Hall–Kier alpha value is -2.29. The third-order valence-corrected chi connectivity index (χ3v) is 8.15. The number of halogens is 1. The first-order chi connectivity index (χ1) is 16.5. The number of amides is 3. The van der Waals surface area contributed by atoms with Crippen LogP contribution in [0.25, 0.3) is 11.0 Å². The van der Waals surface area contributed by atoms with Crippen molar-refractivity contribution in [3.8, 4) is 0 Å². The molecule has 0 radical (unpaired) electrons. The summed E-state index contributed by atoms with van der Waals surface area (Å²) in [7, 11) is 0. The number of anilines is 1. The monoisotopic (exact) mass is 486 g/mol. The number of fused-ring (bicyclic) bond motifs is 4. The fraction of sp³-hybridized carbons (Fsp3) is 0.600. The summed E-state index contributed by atoms with van der Waals surface area (Å²) in [6.07, 6.45) is 6.64. The Balaban J connectivity index is 1.23. The lowest BCUT2D eigenvalue weighted by Crippen LogP contribution is -2.52. The molecular weight excluding hydrogens is 456 g/mol. The molecule has 1 aromatic heterocycles. The lowest BCUT2D eigenvalue weighted by Gasteiger charge is -2.42. The Labute approximate surface area is 203 Å². The minimum atomic E-state index is -0.428. The van der Waals surface area contributed by atoms with Crippen molar-refractivity contribution in [3.63, 3.8) is 0 Å². The minimum absolute atomic E-state index is 0.134. The molecule has 4 aliphatic rings. The van der Waals surface area contributed by atoms with Crippen LogP contribution in [0.15, 0.2) is 16.5 Å². The van der Waals surface area contributed by atoms with Gasteiger partial charge in [-0.2, -0.15) is 0 Å². The largest absolute Gasteiger partial charge is 0.459 e. The van der Waals surface area contributed by atoms with E-state index in [0.717, 1.165) is 73.9 Å². The van der Waals surface area contributed by atoms with Crippen LogP contribution >= 0.6 is 11.6 Å². The molecule has 1 saturated carbocycles. The number of furan rings is 1. The van der Waals surface area contributed by atoms with E-state index in [1.54, 1.807) is 0 Å². The van der Waals surface area contributed by atoms with Crippen LogP contribution in [0.4, 0.5) is 10.5 Å². The van der Waals surface area contributed by atoms with Crippen LogP contribution < -0.4 is 10.6 Å². The van der Waals surface area contributed by atoms with Gasteiger partial charge in [0.2, 0.25) is 0 Å². The SMILES string of the molecule is O=C1Nc2c(Cl)cc3cc(CN4CCN(C(=O)C5CCCO5)CC4)oc3c2C2(CCCCC2)N1. The molecule has 3 aliphatic heterocycles. The van der Waals surface area contributed by atoms with Gasteiger partial charge in [-0.15, -0.1) is 0 Å². The zero-order chi connectivity index (χ0) is 23.3. The summed E-state index contributed by atoms with van der Waals surface area (Å²) < 4.78 is 12.0. The number of urea groups is 1. The lowest BCUT2D eigenvalue weighted by atomic mass is 9.74. The summed E-state index contributed by atoms with van der Waals surface area (Å²) in [5.74, 6) is 1.01. The van der Waals surface area contributed by atoms with E-state index in [1.807, 2.05) is 11.0 Å². The highest BCUT2D eigenvalue weighted by molar-refractivity contribution is 6.35. The number of nitrogens with one attached hydrogen (secondary N) is 2. The lowest BCUT2D eigenvalue weighted by molar-refractivity contribution is -0.142. The number of rotatable bonds is 3. The molecule has 1 spiro atoms. The maximum atomic E-state index is 12.6. The minimum Gasteiger partial charge on any atom is -0.459 e. The van der Waals surface area contributed by atoms with E-state index < -0.39 is 5.54 Å². The van der Waals surface area contributed by atoms with Crippen LogP contribution in [0.5, 0.6) is 0 Å². The first-order valence-electron chi connectivity index (χ1n) is 12.5. The van der Waals surface area contributed by atoms with Crippen molar-refractivity contribution in [1.29, 1.82) is 0 Å². The quantitative estimate of drug-likeness (QED) is 0.678. The molecule has 4 heterocycles. The molecule has 8 nitrogen and oxygen atoms in total. The van der Waals surface area contributed by atoms with E-state index >= 15 is 0 Å². The summed E-state index contributed by atoms with van der Waals surface area (Å²) in [6, 6.07) is 3.76. The second-order valence-corrected chi connectivity index (χ2v) is 10.5. The van der Waals surface area contributed by atoms with Gasteiger partial charge in [-0.1, -0.05) is 30.9 Å². The van der Waals surface area contributed by atoms with Crippen molar-refractivity contribution in [1.82, 2.24) is 15.1 Å². The average molecular weight is 487 g/mol. The van der Waals surface area contributed by atoms with E-state index in [-0.39, 0.29) is 18.0 Å². The van der Waals surface area contributed by atoms with Gasteiger partial charge < -0.3 is 24.7 Å².